The molecular weight excluding hydrogens is 310 g/mol. The number of amides is 1. The fraction of sp³-hybridized carbons (Fsp3) is 0.381. The van der Waals surface area contributed by atoms with Crippen molar-refractivity contribution in [2.75, 3.05) is 29.0 Å². The van der Waals surface area contributed by atoms with Crippen LogP contribution in [0, 0.1) is 18.8 Å². The van der Waals surface area contributed by atoms with Gasteiger partial charge in [-0.05, 0) is 55.0 Å². The van der Waals surface area contributed by atoms with Gasteiger partial charge in [0.15, 0.2) is 0 Å². The number of nitrogens with zero attached hydrogens (tertiary/aromatic N) is 1. The number of carbonyl (C=O) groups excluding carboxylic acids is 1. The molecule has 1 saturated heterocycles. The van der Waals surface area contributed by atoms with Crippen molar-refractivity contribution in [3.05, 3.63) is 53.6 Å². The zero-order chi connectivity index (χ0) is 18.0. The lowest BCUT2D eigenvalue weighted by Gasteiger charge is -2.37. The van der Waals surface area contributed by atoms with Crippen LogP contribution in [0.2, 0.25) is 0 Å². The molecule has 3 N–H and O–H groups in total. The molecule has 132 valence electrons. The Balaban J connectivity index is 1.87. The quantitative estimate of drug-likeness (QED) is 0.821. The molecule has 1 aliphatic rings. The van der Waals surface area contributed by atoms with E-state index < -0.39 is 0 Å². The molecule has 0 aromatic heterocycles. The molecule has 2 aromatic rings. The van der Waals surface area contributed by atoms with Crippen molar-refractivity contribution in [1.82, 2.24) is 0 Å². The highest BCUT2D eigenvalue weighted by molar-refractivity contribution is 6.06. The topological polar surface area (TPSA) is 58.4 Å². The van der Waals surface area contributed by atoms with E-state index in [1.54, 1.807) is 12.1 Å². The van der Waals surface area contributed by atoms with Crippen LogP contribution < -0.4 is 16.0 Å². The molecule has 2 aromatic carbocycles. The predicted octanol–water partition coefficient (Wildman–Crippen LogP) is 4.31. The van der Waals surface area contributed by atoms with Gasteiger partial charge in [0, 0.05) is 24.3 Å². The van der Waals surface area contributed by atoms with E-state index >= 15 is 0 Å². The molecule has 1 heterocycles. The largest absolute Gasteiger partial charge is 0.397 e. The first-order valence-electron chi connectivity index (χ1n) is 8.95. The Hall–Kier alpha value is -2.49. The molecule has 2 atom stereocenters. The van der Waals surface area contributed by atoms with E-state index in [1.165, 1.54) is 6.42 Å². The number of nitrogens with two attached hydrogens (primary N) is 1. The number of hydrogen-bond acceptors (Lipinski definition) is 3. The van der Waals surface area contributed by atoms with Gasteiger partial charge in [0.1, 0.15) is 0 Å². The summed E-state index contributed by atoms with van der Waals surface area (Å²) in [6.45, 7) is 8.77. The van der Waals surface area contributed by atoms with E-state index in [2.05, 4.69) is 31.0 Å². The first-order chi connectivity index (χ1) is 11.9. The molecule has 1 fully saturated rings. The molecule has 0 spiro atoms. The van der Waals surface area contributed by atoms with Crippen LogP contribution in [0.4, 0.5) is 17.1 Å². The number of carbonyl (C=O) groups is 1. The summed E-state index contributed by atoms with van der Waals surface area (Å²) >= 11 is 0. The number of rotatable bonds is 3. The average molecular weight is 337 g/mol. The van der Waals surface area contributed by atoms with Crippen LogP contribution in [0.15, 0.2) is 42.5 Å². The van der Waals surface area contributed by atoms with E-state index in [9.17, 15) is 4.79 Å². The SMILES string of the molecule is Cc1cc(N)c(NC(=O)c2ccccc2)cc1N1CC(C)CC(C)C1. The predicted molar refractivity (Wildman–Crippen MR) is 105 cm³/mol. The van der Waals surface area contributed by atoms with Crippen LogP contribution in [-0.2, 0) is 0 Å². The van der Waals surface area contributed by atoms with Gasteiger partial charge >= 0.3 is 0 Å². The standard InChI is InChI=1S/C21H27N3O/c1-14-9-15(2)13-24(12-14)20-11-19(18(22)10-16(20)3)23-21(25)17-7-5-4-6-8-17/h4-8,10-11,14-15H,9,12-13,22H2,1-3H3,(H,23,25). The lowest BCUT2D eigenvalue weighted by atomic mass is 9.91. The summed E-state index contributed by atoms with van der Waals surface area (Å²) in [5, 5.41) is 2.97. The van der Waals surface area contributed by atoms with Crippen LogP contribution in [0.25, 0.3) is 0 Å². The van der Waals surface area contributed by atoms with Gasteiger partial charge < -0.3 is 16.0 Å². The molecule has 0 bridgehead atoms. The van der Waals surface area contributed by atoms with Gasteiger partial charge in [-0.3, -0.25) is 4.79 Å². The minimum atomic E-state index is -0.137. The Morgan fingerprint density at radius 3 is 2.40 bits per heavy atom. The van der Waals surface area contributed by atoms with Crippen LogP contribution in [0.1, 0.15) is 36.2 Å². The van der Waals surface area contributed by atoms with Gasteiger partial charge in [0.2, 0.25) is 0 Å². The van der Waals surface area contributed by atoms with Gasteiger partial charge in [-0.2, -0.15) is 0 Å². The van der Waals surface area contributed by atoms with Crippen LogP contribution in [-0.4, -0.2) is 19.0 Å². The van der Waals surface area contributed by atoms with Crippen molar-refractivity contribution in [2.24, 2.45) is 11.8 Å². The Morgan fingerprint density at radius 2 is 1.76 bits per heavy atom. The molecule has 0 aliphatic carbocycles. The highest BCUT2D eigenvalue weighted by Gasteiger charge is 2.23. The van der Waals surface area contributed by atoms with Gasteiger partial charge in [-0.25, -0.2) is 0 Å². The monoisotopic (exact) mass is 337 g/mol. The summed E-state index contributed by atoms with van der Waals surface area (Å²) in [7, 11) is 0. The third-order valence-electron chi connectivity index (χ3n) is 4.86. The fourth-order valence-electron chi connectivity index (χ4n) is 3.81. The Morgan fingerprint density at radius 1 is 1.12 bits per heavy atom. The van der Waals surface area contributed by atoms with Crippen molar-refractivity contribution < 1.29 is 4.79 Å². The smallest absolute Gasteiger partial charge is 0.255 e. The second kappa shape index (κ2) is 7.18. The number of aryl methyl sites for hydroxylation is 1. The van der Waals surface area contributed by atoms with Crippen LogP contribution in [0.3, 0.4) is 0 Å². The summed E-state index contributed by atoms with van der Waals surface area (Å²) in [6, 6.07) is 13.2. The Kier molecular flexibility index (Phi) is 4.98. The molecule has 0 radical (unpaired) electrons. The summed E-state index contributed by atoms with van der Waals surface area (Å²) in [5.74, 6) is 1.20. The van der Waals surface area contributed by atoms with Gasteiger partial charge in [-0.15, -0.1) is 0 Å². The van der Waals surface area contributed by atoms with Gasteiger partial charge in [0.25, 0.3) is 5.91 Å². The van der Waals surface area contributed by atoms with Crippen LogP contribution in [0.5, 0.6) is 0 Å². The van der Waals surface area contributed by atoms with E-state index in [0.717, 1.165) is 24.3 Å². The Bertz CT molecular complexity index is 747. The highest BCUT2D eigenvalue weighted by atomic mass is 16.1. The molecular formula is C21H27N3O. The van der Waals surface area contributed by atoms with E-state index in [-0.39, 0.29) is 5.91 Å². The summed E-state index contributed by atoms with van der Waals surface area (Å²) in [5.41, 5.74) is 10.4. The van der Waals surface area contributed by atoms with E-state index in [0.29, 0.717) is 28.8 Å². The fourth-order valence-corrected chi connectivity index (χ4v) is 3.81. The molecule has 25 heavy (non-hydrogen) atoms. The van der Waals surface area contributed by atoms with Crippen molar-refractivity contribution in [3.8, 4) is 0 Å². The lowest BCUT2D eigenvalue weighted by Crippen LogP contribution is -2.39. The maximum Gasteiger partial charge on any atom is 0.255 e. The van der Waals surface area contributed by atoms with Gasteiger partial charge in [-0.1, -0.05) is 32.0 Å². The third-order valence-corrected chi connectivity index (χ3v) is 4.86. The third kappa shape index (κ3) is 3.95. The van der Waals surface area contributed by atoms with Crippen molar-refractivity contribution in [1.29, 1.82) is 0 Å². The van der Waals surface area contributed by atoms with Crippen LogP contribution >= 0.6 is 0 Å². The number of hydrogen-bond donors (Lipinski definition) is 2. The number of nitrogen functional groups attached to an aromatic ring is 1. The average Bonchev–Trinajstić information content (AvgIpc) is 2.57. The summed E-state index contributed by atoms with van der Waals surface area (Å²) in [6.07, 6.45) is 1.27. The molecule has 2 unspecified atom stereocenters. The molecule has 4 heteroatoms. The summed E-state index contributed by atoms with van der Waals surface area (Å²) < 4.78 is 0. The van der Waals surface area contributed by atoms with Crippen molar-refractivity contribution in [2.45, 2.75) is 27.2 Å². The minimum Gasteiger partial charge on any atom is -0.397 e. The molecule has 0 saturated carbocycles. The molecule has 4 nitrogen and oxygen atoms in total. The maximum atomic E-state index is 12.5. The highest BCUT2D eigenvalue weighted by Crippen LogP contribution is 2.33. The second-order valence-corrected chi connectivity index (χ2v) is 7.40. The lowest BCUT2D eigenvalue weighted by molar-refractivity contribution is 0.102. The Labute approximate surface area is 150 Å². The first kappa shape index (κ1) is 17.3. The summed E-state index contributed by atoms with van der Waals surface area (Å²) in [4.78, 5) is 14.9. The number of piperidine rings is 1. The maximum absolute atomic E-state index is 12.5. The molecule has 1 aliphatic heterocycles. The van der Waals surface area contributed by atoms with Gasteiger partial charge in [0.05, 0.1) is 11.4 Å². The zero-order valence-corrected chi connectivity index (χ0v) is 15.3. The number of anilines is 3. The molecule has 3 rings (SSSR count). The van der Waals surface area contributed by atoms with E-state index in [1.807, 2.05) is 30.3 Å². The first-order valence-corrected chi connectivity index (χ1v) is 8.95. The van der Waals surface area contributed by atoms with Crippen molar-refractivity contribution >= 4 is 23.0 Å². The number of benzene rings is 2. The normalized spacial score (nSPS) is 20.4. The van der Waals surface area contributed by atoms with Crippen molar-refractivity contribution in [3.63, 3.8) is 0 Å². The second-order valence-electron chi connectivity index (χ2n) is 7.40. The number of nitrogens with one attached hydrogen (secondary N) is 1. The zero-order valence-electron chi connectivity index (χ0n) is 15.3. The van der Waals surface area contributed by atoms with E-state index in [4.69, 9.17) is 5.73 Å². The molecule has 1 amide bonds. The minimum absolute atomic E-state index is 0.137.